The molecule has 0 aliphatic rings. The second-order valence-corrected chi connectivity index (χ2v) is 17.1. The van der Waals surface area contributed by atoms with Crippen LogP contribution in [0.1, 0.15) is 11.1 Å². The van der Waals surface area contributed by atoms with Gasteiger partial charge in [0.1, 0.15) is 49.8 Å². The number of non-ortho nitro benzene ring substituents is 1. The van der Waals surface area contributed by atoms with E-state index in [-0.39, 0.29) is 18.0 Å². The molecule has 0 saturated carbocycles. The van der Waals surface area contributed by atoms with Crippen LogP contribution in [0.5, 0.6) is 11.5 Å². The van der Waals surface area contributed by atoms with Gasteiger partial charge < -0.3 is 20.3 Å². The summed E-state index contributed by atoms with van der Waals surface area (Å²) in [7, 11) is -10.7. The molecule has 0 heterocycles. The highest BCUT2D eigenvalue weighted by molar-refractivity contribution is 7.87. The van der Waals surface area contributed by atoms with Crippen molar-refractivity contribution in [1.82, 2.24) is 0 Å². The van der Waals surface area contributed by atoms with E-state index in [0.717, 1.165) is 45.6 Å². The number of nitrogen functional groups attached to an aromatic ring is 1. The van der Waals surface area contributed by atoms with Crippen molar-refractivity contribution in [3.8, 4) is 11.5 Å². The molecule has 0 radical (unpaired) electrons. The number of nitro benzene ring substituents is 1. The Labute approximate surface area is 346 Å². The first kappa shape index (κ1) is 45.2. The van der Waals surface area contributed by atoms with Crippen LogP contribution in [0.2, 0.25) is 0 Å². The van der Waals surface area contributed by atoms with Gasteiger partial charge in [0.05, 0.1) is 55.8 Å². The van der Waals surface area contributed by atoms with Gasteiger partial charge in [-0.2, -0.15) is 35.5 Å². The maximum Gasteiger partial charge on any atom is 0.299 e. The van der Waals surface area contributed by atoms with E-state index in [0.29, 0.717) is 35.0 Å². The van der Waals surface area contributed by atoms with Gasteiger partial charge in [-0.25, -0.2) is 0 Å². The van der Waals surface area contributed by atoms with Crippen molar-refractivity contribution in [2.24, 2.45) is 30.7 Å². The predicted octanol–water partition coefficient (Wildman–Crippen LogP) is 7.28. The first-order valence-electron chi connectivity index (χ1n) is 16.7. The fourth-order valence-electron chi connectivity index (χ4n) is 5.43. The number of hydrogen-bond donors (Lipinski definition) is 2. The fraction of sp³-hybridized carbons (Fsp3) is 0.171. The number of azo groups is 3. The first-order valence-corrected chi connectivity index (χ1v) is 20.9. The molecule has 0 spiro atoms. The van der Waals surface area contributed by atoms with Crippen molar-refractivity contribution in [3.63, 3.8) is 0 Å². The summed E-state index contributed by atoms with van der Waals surface area (Å²) in [5.41, 5.74) is 5.50. The highest BCUT2D eigenvalue weighted by atomic mass is 32.2. The molecule has 23 nitrogen and oxygen atoms in total. The average molecular weight is 901 g/mol. The van der Waals surface area contributed by atoms with Crippen LogP contribution in [0.15, 0.2) is 112 Å². The molecule has 0 atom stereocenters. The van der Waals surface area contributed by atoms with Gasteiger partial charge in [0.25, 0.3) is 42.5 Å². The number of benzene rings is 5. The number of aryl methyl sites for hydroxylation is 1. The molecule has 61 heavy (non-hydrogen) atoms. The summed E-state index contributed by atoms with van der Waals surface area (Å²) in [6.45, 7) is 2.04. The molecule has 0 saturated heterocycles. The monoisotopic (exact) mass is 900 g/mol. The van der Waals surface area contributed by atoms with E-state index in [1.165, 1.54) is 19.2 Å². The molecule has 0 amide bonds. The van der Waals surface area contributed by atoms with Crippen LogP contribution in [0, 0.1) is 17.0 Å². The molecule has 26 heteroatoms. The number of phenols is 1. The minimum atomic E-state index is -4.90. The second kappa shape index (κ2) is 18.2. The van der Waals surface area contributed by atoms with E-state index in [9.17, 15) is 45.3 Å². The van der Waals surface area contributed by atoms with Crippen LogP contribution in [-0.4, -0.2) is 70.2 Å². The molecule has 0 aliphatic carbocycles. The van der Waals surface area contributed by atoms with Crippen molar-refractivity contribution < 1.29 is 62.1 Å². The van der Waals surface area contributed by atoms with E-state index >= 15 is 0 Å². The summed E-state index contributed by atoms with van der Waals surface area (Å²) in [4.78, 5) is 18.5. The topological polar surface area (TPSA) is 329 Å². The Morgan fingerprint density at radius 3 is 1.98 bits per heavy atom. The third kappa shape index (κ3) is 9.64. The molecule has 3 N–H and O–H groups in total. The Kier molecular flexibility index (Phi) is 13.5. The number of anilines is 1. The average Bonchev–Trinajstić information content (AvgIpc) is 3.24. The van der Waals surface area contributed by atoms with Crippen molar-refractivity contribution in [2.45, 2.75) is 28.2 Å². The SMILES string of the molecule is COc1cc(N=Nc2cccc(COC=O)c2)c(C)cc1N=Nc1cc(S(=O)(=O)OC)c2cc(S(=O)(=O)OC)c(N=Nc3ccc([N+](=O)[O-])cc3S(=O)(=O)OC)c(O)c2c1N. The number of rotatable bonds is 17. The highest BCUT2D eigenvalue weighted by Gasteiger charge is 2.31. The van der Waals surface area contributed by atoms with Crippen molar-refractivity contribution in [2.75, 3.05) is 34.2 Å². The van der Waals surface area contributed by atoms with Crippen molar-refractivity contribution >= 4 is 93.1 Å². The van der Waals surface area contributed by atoms with E-state index in [1.807, 2.05) is 0 Å². The van der Waals surface area contributed by atoms with E-state index in [4.69, 9.17) is 19.4 Å². The van der Waals surface area contributed by atoms with E-state index in [1.54, 1.807) is 31.2 Å². The number of nitro groups is 1. The summed E-state index contributed by atoms with van der Waals surface area (Å²) in [5.74, 6) is -0.983. The largest absolute Gasteiger partial charge is 0.505 e. The zero-order valence-electron chi connectivity index (χ0n) is 32.2. The minimum Gasteiger partial charge on any atom is -0.505 e. The van der Waals surface area contributed by atoms with Gasteiger partial charge in [-0.1, -0.05) is 12.1 Å². The normalized spacial score (nSPS) is 12.5. The molecule has 320 valence electrons. The Bertz CT molecular complexity index is 3010. The highest BCUT2D eigenvalue weighted by Crippen LogP contribution is 2.49. The summed E-state index contributed by atoms with van der Waals surface area (Å²) in [5, 5.41) is 46.4. The van der Waals surface area contributed by atoms with Gasteiger partial charge >= 0.3 is 0 Å². The van der Waals surface area contributed by atoms with Crippen LogP contribution in [-0.2, 0) is 59.0 Å². The minimum absolute atomic E-state index is 0.0390. The molecule has 0 unspecified atom stereocenters. The van der Waals surface area contributed by atoms with Gasteiger partial charge in [0, 0.05) is 23.6 Å². The van der Waals surface area contributed by atoms with E-state index in [2.05, 4.69) is 39.1 Å². The number of nitrogens with zero attached hydrogens (tertiary/aromatic N) is 7. The molecule has 5 rings (SSSR count). The standard InChI is InChI=1S/C35H32N8O15S3/c1-19-11-26(28(54-2)15-25(19)39-37-21-8-6-7-20(12-21)17-58-18-44)40-41-27-16-29(59(48,49)55-3)23-14-31(61(52,53)57-5)34(35(45)32(23)33(27)36)42-38-24-10-9-22(43(46)47)13-30(24)60(50,51)56-4/h6-16,18,45H,17,36H2,1-5H3. The summed E-state index contributed by atoms with van der Waals surface area (Å²) in [6, 6.07) is 13.8. The smallest absolute Gasteiger partial charge is 0.299 e. The second-order valence-electron chi connectivity index (χ2n) is 12.1. The number of carbonyl (C=O) groups excluding carboxylic acids is 1. The molecular weight excluding hydrogens is 869 g/mol. The number of fused-ring (bicyclic) bond motifs is 1. The first-order chi connectivity index (χ1) is 28.8. The molecule has 0 aliphatic heterocycles. The number of methoxy groups -OCH3 is 1. The van der Waals surface area contributed by atoms with Crippen LogP contribution in [0.4, 0.5) is 45.5 Å². The zero-order chi connectivity index (χ0) is 44.9. The maximum absolute atomic E-state index is 13.3. The van der Waals surface area contributed by atoms with Crippen LogP contribution < -0.4 is 10.5 Å². The Morgan fingerprint density at radius 2 is 1.34 bits per heavy atom. The summed E-state index contributed by atoms with van der Waals surface area (Å²) >= 11 is 0. The maximum atomic E-state index is 13.3. The molecular formula is C35H32N8O15S3. The van der Waals surface area contributed by atoms with Crippen molar-refractivity contribution in [3.05, 3.63) is 88.0 Å². The molecule has 5 aromatic rings. The van der Waals surface area contributed by atoms with Crippen molar-refractivity contribution in [1.29, 1.82) is 0 Å². The number of phenolic OH excluding ortho intramolecular Hbond substituents is 1. The van der Waals surface area contributed by atoms with Gasteiger partial charge in [0.15, 0.2) is 5.75 Å². The van der Waals surface area contributed by atoms with E-state index < -0.39 is 94.9 Å². The Morgan fingerprint density at radius 1 is 0.721 bits per heavy atom. The number of carbonyl (C=O) groups is 1. The van der Waals surface area contributed by atoms with Gasteiger partial charge in [-0.3, -0.25) is 27.5 Å². The summed E-state index contributed by atoms with van der Waals surface area (Å²) in [6.07, 6.45) is 0. The lowest BCUT2D eigenvalue weighted by Crippen LogP contribution is -2.07. The Hall–Kier alpha value is -6.84. The summed E-state index contributed by atoms with van der Waals surface area (Å²) < 4.78 is 103. The molecule has 5 aromatic carbocycles. The third-order valence-corrected chi connectivity index (χ3v) is 12.4. The van der Waals surface area contributed by atoms with Gasteiger partial charge in [0.2, 0.25) is 0 Å². The van der Waals surface area contributed by atoms with Gasteiger partial charge in [-0.05, 0) is 54.4 Å². The van der Waals surface area contributed by atoms with Crippen LogP contribution in [0.3, 0.4) is 0 Å². The van der Waals surface area contributed by atoms with Crippen LogP contribution in [0.25, 0.3) is 10.8 Å². The van der Waals surface area contributed by atoms with Crippen LogP contribution >= 0.6 is 0 Å². The third-order valence-electron chi connectivity index (χ3n) is 8.46. The number of hydrogen-bond acceptors (Lipinski definition) is 22. The molecule has 0 aromatic heterocycles. The lowest BCUT2D eigenvalue weighted by molar-refractivity contribution is -0.385. The Balaban J connectivity index is 1.70. The lowest BCUT2D eigenvalue weighted by Gasteiger charge is -2.16. The number of ether oxygens (including phenoxy) is 2. The van der Waals surface area contributed by atoms with Gasteiger partial charge in [-0.15, -0.1) is 20.5 Å². The lowest BCUT2D eigenvalue weighted by atomic mass is 10.0. The predicted molar refractivity (Wildman–Crippen MR) is 213 cm³/mol. The molecule has 0 bridgehead atoms. The number of nitrogens with two attached hydrogens (primary N) is 1. The fourth-order valence-corrected chi connectivity index (χ4v) is 7.92. The zero-order valence-corrected chi connectivity index (χ0v) is 34.7. The number of aromatic hydroxyl groups is 1. The molecule has 0 fully saturated rings. The quantitative estimate of drug-likeness (QED) is 0.0231.